The first-order valence-electron chi connectivity index (χ1n) is 6.01. The summed E-state index contributed by atoms with van der Waals surface area (Å²) in [6, 6.07) is 10.7. The lowest BCUT2D eigenvalue weighted by atomic mass is 10.2. The van der Waals surface area contributed by atoms with Crippen molar-refractivity contribution in [3.63, 3.8) is 0 Å². The molecule has 1 aliphatic heterocycles. The van der Waals surface area contributed by atoms with Crippen LogP contribution in [0, 0.1) is 0 Å². The van der Waals surface area contributed by atoms with Crippen LogP contribution in [0.5, 0.6) is 0 Å². The first-order chi connectivity index (χ1) is 7.95. The predicted molar refractivity (Wildman–Crippen MR) is 67.5 cm³/mol. The molecule has 0 aliphatic carbocycles. The number of hydrogen-bond donors (Lipinski definition) is 0. The third kappa shape index (κ3) is 1.78. The zero-order valence-corrected chi connectivity index (χ0v) is 10.2. The Morgan fingerprint density at radius 3 is 2.75 bits per heavy atom. The van der Waals surface area contributed by atoms with E-state index in [9.17, 15) is 0 Å². The molecule has 1 aromatic heterocycles. The Morgan fingerprint density at radius 2 is 1.88 bits per heavy atom. The van der Waals surface area contributed by atoms with Crippen molar-refractivity contribution in [2.24, 2.45) is 0 Å². The minimum absolute atomic E-state index is 1.20. The Morgan fingerprint density at radius 1 is 1.00 bits per heavy atom. The van der Waals surface area contributed by atoms with E-state index in [1.807, 2.05) is 11.3 Å². The lowest BCUT2D eigenvalue weighted by molar-refractivity contribution is -0.687. The third-order valence-corrected chi connectivity index (χ3v) is 4.28. The van der Waals surface area contributed by atoms with Crippen molar-refractivity contribution >= 4 is 11.3 Å². The smallest absolute Gasteiger partial charge is 0.186 e. The standard InChI is InChI=1S/C14H16NS/c1-3-7-12(8-4-1)13-11-16-14-9-5-2-6-10-15(13)14/h1,3-4,7-8,11H,2,5-6,9-10H2/q+1. The van der Waals surface area contributed by atoms with Crippen LogP contribution < -0.4 is 4.57 Å². The highest BCUT2D eigenvalue weighted by atomic mass is 32.1. The van der Waals surface area contributed by atoms with Gasteiger partial charge in [0, 0.05) is 18.4 Å². The van der Waals surface area contributed by atoms with E-state index in [0.717, 1.165) is 0 Å². The van der Waals surface area contributed by atoms with Crippen LogP contribution in [-0.2, 0) is 13.0 Å². The SMILES string of the molecule is c1ccc(-c2csc3[n+]2CCCCC3)cc1. The summed E-state index contributed by atoms with van der Waals surface area (Å²) < 4.78 is 2.52. The highest BCUT2D eigenvalue weighted by Gasteiger charge is 2.22. The van der Waals surface area contributed by atoms with Gasteiger partial charge < -0.3 is 0 Å². The largest absolute Gasteiger partial charge is 0.237 e. The molecule has 82 valence electrons. The van der Waals surface area contributed by atoms with E-state index in [1.165, 1.54) is 43.5 Å². The van der Waals surface area contributed by atoms with E-state index >= 15 is 0 Å². The van der Waals surface area contributed by atoms with Gasteiger partial charge >= 0.3 is 0 Å². The second-order valence-corrected chi connectivity index (χ2v) is 5.29. The molecule has 0 spiro atoms. The normalized spacial score (nSPS) is 15.5. The highest BCUT2D eigenvalue weighted by molar-refractivity contribution is 7.09. The van der Waals surface area contributed by atoms with Gasteiger partial charge in [-0.15, -0.1) is 0 Å². The molecule has 16 heavy (non-hydrogen) atoms. The maximum Gasteiger partial charge on any atom is 0.237 e. The monoisotopic (exact) mass is 230 g/mol. The summed E-state index contributed by atoms with van der Waals surface area (Å²) in [5.41, 5.74) is 2.76. The van der Waals surface area contributed by atoms with Gasteiger partial charge in [0.15, 0.2) is 0 Å². The van der Waals surface area contributed by atoms with Crippen LogP contribution in [0.15, 0.2) is 35.7 Å². The van der Waals surface area contributed by atoms with Gasteiger partial charge in [0.05, 0.1) is 5.38 Å². The van der Waals surface area contributed by atoms with E-state index in [1.54, 1.807) is 5.01 Å². The lowest BCUT2D eigenvalue weighted by Crippen LogP contribution is -2.36. The molecule has 0 radical (unpaired) electrons. The summed E-state index contributed by atoms with van der Waals surface area (Å²) in [6.07, 6.45) is 5.32. The molecule has 0 unspecified atom stereocenters. The maximum atomic E-state index is 2.52. The molecule has 1 aromatic carbocycles. The second-order valence-electron chi connectivity index (χ2n) is 4.34. The summed E-state index contributed by atoms with van der Waals surface area (Å²) in [6.45, 7) is 1.20. The van der Waals surface area contributed by atoms with Crippen molar-refractivity contribution in [3.05, 3.63) is 40.7 Å². The Kier molecular flexibility index (Phi) is 2.75. The summed E-state index contributed by atoms with van der Waals surface area (Å²) in [4.78, 5) is 0. The van der Waals surface area contributed by atoms with Gasteiger partial charge in [-0.05, 0) is 25.0 Å². The quantitative estimate of drug-likeness (QED) is 0.661. The minimum Gasteiger partial charge on any atom is -0.186 e. The number of fused-ring (bicyclic) bond motifs is 1. The van der Waals surface area contributed by atoms with Gasteiger partial charge in [0.1, 0.15) is 6.54 Å². The molecule has 0 saturated carbocycles. The zero-order valence-electron chi connectivity index (χ0n) is 9.36. The third-order valence-electron chi connectivity index (χ3n) is 3.24. The Bertz CT molecular complexity index is 473. The Balaban J connectivity index is 2.06. The summed E-state index contributed by atoms with van der Waals surface area (Å²) in [7, 11) is 0. The fraction of sp³-hybridized carbons (Fsp3) is 0.357. The van der Waals surface area contributed by atoms with Gasteiger partial charge in [-0.25, -0.2) is 0 Å². The molecular formula is C14H16NS+. The lowest BCUT2D eigenvalue weighted by Gasteiger charge is -1.98. The van der Waals surface area contributed by atoms with Crippen molar-refractivity contribution in [2.45, 2.75) is 32.2 Å². The highest BCUT2D eigenvalue weighted by Crippen LogP contribution is 2.23. The Hall–Kier alpha value is -1.15. The fourth-order valence-electron chi connectivity index (χ4n) is 2.38. The molecule has 2 heterocycles. The average molecular weight is 230 g/mol. The second kappa shape index (κ2) is 4.38. The molecule has 0 atom stereocenters. The van der Waals surface area contributed by atoms with Gasteiger partial charge in [0.2, 0.25) is 10.7 Å². The molecule has 1 aliphatic rings. The molecule has 0 N–H and O–H groups in total. The molecule has 2 heteroatoms. The van der Waals surface area contributed by atoms with Gasteiger partial charge in [0.25, 0.3) is 0 Å². The maximum absolute atomic E-state index is 2.52. The van der Waals surface area contributed by atoms with Crippen molar-refractivity contribution in [1.29, 1.82) is 0 Å². The number of aryl methyl sites for hydroxylation is 1. The number of nitrogens with zero attached hydrogens (tertiary/aromatic N) is 1. The molecule has 0 amide bonds. The van der Waals surface area contributed by atoms with Crippen molar-refractivity contribution in [2.75, 3.05) is 0 Å². The van der Waals surface area contributed by atoms with E-state index < -0.39 is 0 Å². The summed E-state index contributed by atoms with van der Waals surface area (Å²) in [5, 5.41) is 3.87. The van der Waals surface area contributed by atoms with E-state index in [4.69, 9.17) is 0 Å². The van der Waals surface area contributed by atoms with Crippen LogP contribution in [0.4, 0.5) is 0 Å². The van der Waals surface area contributed by atoms with Crippen molar-refractivity contribution in [1.82, 2.24) is 0 Å². The van der Waals surface area contributed by atoms with Crippen LogP contribution in [0.1, 0.15) is 24.3 Å². The Labute approximate surface area is 100 Å². The number of benzene rings is 1. The summed E-state index contributed by atoms with van der Waals surface area (Å²) >= 11 is 1.92. The average Bonchev–Trinajstić information content (AvgIpc) is 2.60. The molecule has 0 bridgehead atoms. The first kappa shape index (κ1) is 10.0. The predicted octanol–water partition coefficient (Wildman–Crippen LogP) is 3.43. The summed E-state index contributed by atoms with van der Waals surface area (Å²) in [5.74, 6) is 0. The van der Waals surface area contributed by atoms with Crippen molar-refractivity contribution < 1.29 is 4.57 Å². The van der Waals surface area contributed by atoms with Crippen LogP contribution in [0.25, 0.3) is 11.3 Å². The molecule has 0 saturated heterocycles. The fourth-order valence-corrected chi connectivity index (χ4v) is 3.47. The van der Waals surface area contributed by atoms with Crippen LogP contribution in [0.2, 0.25) is 0 Å². The molecular weight excluding hydrogens is 214 g/mol. The van der Waals surface area contributed by atoms with Crippen LogP contribution in [0.3, 0.4) is 0 Å². The molecule has 0 fully saturated rings. The van der Waals surface area contributed by atoms with Crippen LogP contribution in [-0.4, -0.2) is 0 Å². The van der Waals surface area contributed by atoms with Crippen molar-refractivity contribution in [3.8, 4) is 11.3 Å². The van der Waals surface area contributed by atoms with Gasteiger partial charge in [-0.3, -0.25) is 0 Å². The molecule has 1 nitrogen and oxygen atoms in total. The topological polar surface area (TPSA) is 3.88 Å². The van der Waals surface area contributed by atoms with Gasteiger partial charge in [-0.2, -0.15) is 4.57 Å². The molecule has 3 rings (SSSR count). The van der Waals surface area contributed by atoms with Gasteiger partial charge in [-0.1, -0.05) is 29.5 Å². The first-order valence-corrected chi connectivity index (χ1v) is 6.89. The minimum atomic E-state index is 1.20. The molecule has 2 aromatic rings. The van der Waals surface area contributed by atoms with E-state index in [0.29, 0.717) is 0 Å². The number of thiazole rings is 1. The number of rotatable bonds is 1. The van der Waals surface area contributed by atoms with E-state index in [-0.39, 0.29) is 0 Å². The zero-order chi connectivity index (χ0) is 10.8. The number of hydrogen-bond acceptors (Lipinski definition) is 1. The van der Waals surface area contributed by atoms with E-state index in [2.05, 4.69) is 40.3 Å². The number of aromatic nitrogens is 1. The van der Waals surface area contributed by atoms with Crippen LogP contribution >= 0.6 is 11.3 Å².